The molecule has 0 aliphatic carbocycles. The van der Waals surface area contributed by atoms with E-state index in [0.29, 0.717) is 12.8 Å². The van der Waals surface area contributed by atoms with Crippen molar-refractivity contribution in [1.29, 1.82) is 0 Å². The van der Waals surface area contributed by atoms with E-state index in [9.17, 15) is 15.3 Å². The molecule has 6 heteroatoms. The van der Waals surface area contributed by atoms with Gasteiger partial charge in [0.2, 0.25) is 0 Å². The number of fused-ring (bicyclic) bond motifs is 1. The summed E-state index contributed by atoms with van der Waals surface area (Å²) in [6.07, 6.45) is -3.32. The summed E-state index contributed by atoms with van der Waals surface area (Å²) in [5.74, 6) is 0. The molecule has 0 radical (unpaired) electrons. The molecule has 2 heterocycles. The van der Waals surface area contributed by atoms with Gasteiger partial charge in [0.25, 0.3) is 0 Å². The standard InChI is InChI=1S/C10H18O6/c11-4-3-5-8(13)9(14)10-6(15-5)1-2-7(12)16-10/h5-14H,1-4H2/t5?,6-,7-,8?,9+,10?/m0/s1. The van der Waals surface area contributed by atoms with Gasteiger partial charge in [-0.15, -0.1) is 0 Å². The molecule has 4 N–H and O–H groups in total. The average Bonchev–Trinajstić information content (AvgIpc) is 2.27. The lowest BCUT2D eigenvalue weighted by molar-refractivity contribution is -0.293. The fourth-order valence-electron chi connectivity index (χ4n) is 2.34. The molecule has 2 fully saturated rings. The quantitative estimate of drug-likeness (QED) is 0.457. The first-order valence-corrected chi connectivity index (χ1v) is 5.59. The highest BCUT2D eigenvalue weighted by Gasteiger charge is 2.47. The lowest BCUT2D eigenvalue weighted by Gasteiger charge is -2.45. The Balaban J connectivity index is 2.04. The van der Waals surface area contributed by atoms with Crippen molar-refractivity contribution in [3.63, 3.8) is 0 Å². The summed E-state index contributed by atoms with van der Waals surface area (Å²) in [7, 11) is 0. The summed E-state index contributed by atoms with van der Waals surface area (Å²) >= 11 is 0. The lowest BCUT2D eigenvalue weighted by Crippen LogP contribution is -2.60. The van der Waals surface area contributed by atoms with Crippen LogP contribution in [0.3, 0.4) is 0 Å². The minimum absolute atomic E-state index is 0.102. The molecule has 3 unspecified atom stereocenters. The van der Waals surface area contributed by atoms with Gasteiger partial charge >= 0.3 is 0 Å². The van der Waals surface area contributed by atoms with Crippen molar-refractivity contribution in [2.75, 3.05) is 6.61 Å². The Morgan fingerprint density at radius 3 is 2.44 bits per heavy atom. The molecule has 2 aliphatic heterocycles. The number of hydrogen-bond donors (Lipinski definition) is 4. The van der Waals surface area contributed by atoms with Crippen molar-refractivity contribution < 1.29 is 29.9 Å². The Bertz CT molecular complexity index is 233. The van der Waals surface area contributed by atoms with E-state index in [1.807, 2.05) is 0 Å². The zero-order valence-corrected chi connectivity index (χ0v) is 8.90. The van der Waals surface area contributed by atoms with Gasteiger partial charge in [0.1, 0.15) is 18.3 Å². The van der Waals surface area contributed by atoms with Gasteiger partial charge in [0.05, 0.1) is 12.2 Å². The molecule has 2 rings (SSSR count). The summed E-state index contributed by atoms with van der Waals surface area (Å²) in [6, 6.07) is 0. The highest BCUT2D eigenvalue weighted by Crippen LogP contribution is 2.32. The first kappa shape index (κ1) is 12.2. The third-order valence-electron chi connectivity index (χ3n) is 3.21. The zero-order valence-electron chi connectivity index (χ0n) is 8.90. The van der Waals surface area contributed by atoms with Crippen LogP contribution in [-0.2, 0) is 9.47 Å². The van der Waals surface area contributed by atoms with Gasteiger partial charge in [-0.2, -0.15) is 0 Å². The third-order valence-corrected chi connectivity index (χ3v) is 3.21. The largest absolute Gasteiger partial charge is 0.396 e. The van der Waals surface area contributed by atoms with Crippen LogP contribution in [0, 0.1) is 0 Å². The second-order valence-corrected chi connectivity index (χ2v) is 4.34. The van der Waals surface area contributed by atoms with Crippen LogP contribution < -0.4 is 0 Å². The molecule has 0 spiro atoms. The minimum Gasteiger partial charge on any atom is -0.396 e. The Morgan fingerprint density at radius 1 is 1.00 bits per heavy atom. The van der Waals surface area contributed by atoms with E-state index in [1.54, 1.807) is 0 Å². The number of ether oxygens (including phenoxy) is 2. The SMILES string of the molecule is OCCC1O[C@H]2CC[C@@H](O)OC2[C@H](O)C1O. The molecule has 94 valence electrons. The number of hydrogen-bond acceptors (Lipinski definition) is 6. The van der Waals surface area contributed by atoms with Gasteiger partial charge in [-0.3, -0.25) is 0 Å². The maximum atomic E-state index is 9.84. The van der Waals surface area contributed by atoms with E-state index >= 15 is 0 Å². The van der Waals surface area contributed by atoms with Crippen molar-refractivity contribution in [3.05, 3.63) is 0 Å². The smallest absolute Gasteiger partial charge is 0.155 e. The molecule has 0 bridgehead atoms. The molecule has 0 aromatic carbocycles. The van der Waals surface area contributed by atoms with Crippen LogP contribution in [0.2, 0.25) is 0 Å². The van der Waals surface area contributed by atoms with Crippen LogP contribution in [0.15, 0.2) is 0 Å². The van der Waals surface area contributed by atoms with E-state index in [4.69, 9.17) is 14.6 Å². The molecule has 0 saturated carbocycles. The fourth-order valence-corrected chi connectivity index (χ4v) is 2.34. The molecule has 6 atom stereocenters. The number of rotatable bonds is 2. The first-order chi connectivity index (χ1) is 7.63. The fraction of sp³-hybridized carbons (Fsp3) is 1.00. The predicted molar refractivity (Wildman–Crippen MR) is 52.5 cm³/mol. The van der Waals surface area contributed by atoms with Gasteiger partial charge in [-0.05, 0) is 12.8 Å². The summed E-state index contributed by atoms with van der Waals surface area (Å²) < 4.78 is 10.7. The maximum Gasteiger partial charge on any atom is 0.155 e. The van der Waals surface area contributed by atoms with Crippen molar-refractivity contribution in [2.45, 2.75) is 56.1 Å². The summed E-state index contributed by atoms with van der Waals surface area (Å²) in [5, 5.41) is 37.7. The second kappa shape index (κ2) is 4.95. The maximum absolute atomic E-state index is 9.84. The van der Waals surface area contributed by atoms with Crippen LogP contribution >= 0.6 is 0 Å². The van der Waals surface area contributed by atoms with E-state index < -0.39 is 30.7 Å². The Hall–Kier alpha value is -0.240. The van der Waals surface area contributed by atoms with E-state index in [1.165, 1.54) is 0 Å². The van der Waals surface area contributed by atoms with Gasteiger partial charge in [0, 0.05) is 13.0 Å². The first-order valence-electron chi connectivity index (χ1n) is 5.59. The molecule has 6 nitrogen and oxygen atoms in total. The molecule has 0 aromatic rings. The van der Waals surface area contributed by atoms with Gasteiger partial charge in [0.15, 0.2) is 6.29 Å². The Morgan fingerprint density at radius 2 is 1.75 bits per heavy atom. The molecule has 0 amide bonds. The second-order valence-electron chi connectivity index (χ2n) is 4.34. The third kappa shape index (κ3) is 2.22. The van der Waals surface area contributed by atoms with E-state index in [2.05, 4.69) is 0 Å². The molecule has 16 heavy (non-hydrogen) atoms. The van der Waals surface area contributed by atoms with Crippen LogP contribution in [0.25, 0.3) is 0 Å². The van der Waals surface area contributed by atoms with Crippen molar-refractivity contribution in [1.82, 2.24) is 0 Å². The van der Waals surface area contributed by atoms with Crippen molar-refractivity contribution in [3.8, 4) is 0 Å². The lowest BCUT2D eigenvalue weighted by atomic mass is 9.90. The topological polar surface area (TPSA) is 99.4 Å². The Kier molecular flexibility index (Phi) is 3.78. The highest BCUT2D eigenvalue weighted by atomic mass is 16.6. The molecular weight excluding hydrogens is 216 g/mol. The summed E-state index contributed by atoms with van der Waals surface area (Å²) in [4.78, 5) is 0. The van der Waals surface area contributed by atoms with E-state index in [-0.39, 0.29) is 19.1 Å². The normalized spacial score (nSPS) is 48.8. The molecule has 2 saturated heterocycles. The van der Waals surface area contributed by atoms with Crippen LogP contribution in [0.1, 0.15) is 19.3 Å². The minimum atomic E-state index is -1.08. The van der Waals surface area contributed by atoms with Crippen LogP contribution in [0.5, 0.6) is 0 Å². The number of aliphatic hydroxyl groups excluding tert-OH is 4. The summed E-state index contributed by atoms with van der Waals surface area (Å²) in [5.41, 5.74) is 0. The van der Waals surface area contributed by atoms with Crippen molar-refractivity contribution >= 4 is 0 Å². The summed E-state index contributed by atoms with van der Waals surface area (Å²) in [6.45, 7) is -0.102. The average molecular weight is 234 g/mol. The van der Waals surface area contributed by atoms with Gasteiger partial charge in [-0.1, -0.05) is 0 Å². The van der Waals surface area contributed by atoms with Crippen LogP contribution in [0.4, 0.5) is 0 Å². The predicted octanol–water partition coefficient (Wildman–Crippen LogP) is -1.64. The molecule has 0 aromatic heterocycles. The zero-order chi connectivity index (χ0) is 11.7. The monoisotopic (exact) mass is 234 g/mol. The van der Waals surface area contributed by atoms with Crippen molar-refractivity contribution in [2.24, 2.45) is 0 Å². The number of aliphatic hydroxyl groups is 4. The van der Waals surface area contributed by atoms with Gasteiger partial charge in [-0.25, -0.2) is 0 Å². The molecular formula is C10H18O6. The highest BCUT2D eigenvalue weighted by molar-refractivity contribution is 4.94. The van der Waals surface area contributed by atoms with Gasteiger partial charge < -0.3 is 29.9 Å². The molecule has 2 aliphatic rings. The Labute approximate surface area is 93.4 Å². The van der Waals surface area contributed by atoms with E-state index in [0.717, 1.165) is 0 Å². The van der Waals surface area contributed by atoms with Crippen LogP contribution in [-0.4, -0.2) is 63.8 Å².